The van der Waals surface area contributed by atoms with Crippen molar-refractivity contribution in [3.63, 3.8) is 0 Å². The standard InChI is InChI=1S/C18H18FN3O3/c1-22-15(23)11-25-17(16(22)12-5-4-6-13(19)9-12)18(24)21-10-14-7-2-3-8-20-14/h2-9,16-17H,10-11H2,1H3,(H,21,24). The maximum Gasteiger partial charge on any atom is 0.252 e. The van der Waals surface area contributed by atoms with Crippen LogP contribution in [0.15, 0.2) is 48.7 Å². The summed E-state index contributed by atoms with van der Waals surface area (Å²) in [5.74, 6) is -1.07. The number of nitrogens with one attached hydrogen (secondary N) is 1. The molecule has 130 valence electrons. The van der Waals surface area contributed by atoms with Gasteiger partial charge in [-0.3, -0.25) is 14.6 Å². The van der Waals surface area contributed by atoms with Crippen molar-refractivity contribution in [1.29, 1.82) is 0 Å². The van der Waals surface area contributed by atoms with Crippen LogP contribution in [0.2, 0.25) is 0 Å². The van der Waals surface area contributed by atoms with E-state index in [-0.39, 0.29) is 25.0 Å². The molecule has 0 bridgehead atoms. The minimum absolute atomic E-state index is 0.190. The molecule has 6 nitrogen and oxygen atoms in total. The Bertz CT molecular complexity index is 769. The number of aromatic nitrogens is 1. The van der Waals surface area contributed by atoms with Crippen molar-refractivity contribution in [3.05, 3.63) is 65.7 Å². The first-order valence-corrected chi connectivity index (χ1v) is 7.86. The maximum absolute atomic E-state index is 13.6. The molecule has 0 spiro atoms. The zero-order valence-electron chi connectivity index (χ0n) is 13.7. The van der Waals surface area contributed by atoms with Gasteiger partial charge in [0.2, 0.25) is 5.91 Å². The average Bonchev–Trinajstić information content (AvgIpc) is 2.62. The van der Waals surface area contributed by atoms with Crippen LogP contribution in [0, 0.1) is 5.82 Å². The molecule has 2 atom stereocenters. The first-order chi connectivity index (χ1) is 12.1. The smallest absolute Gasteiger partial charge is 0.252 e. The molecule has 0 saturated carbocycles. The quantitative estimate of drug-likeness (QED) is 0.912. The molecule has 1 aliphatic heterocycles. The van der Waals surface area contributed by atoms with E-state index in [0.717, 1.165) is 0 Å². The van der Waals surface area contributed by atoms with Gasteiger partial charge in [0.15, 0.2) is 6.10 Å². The molecule has 1 aromatic heterocycles. The van der Waals surface area contributed by atoms with Crippen LogP contribution < -0.4 is 5.32 Å². The Kier molecular flexibility index (Phi) is 5.04. The van der Waals surface area contributed by atoms with Gasteiger partial charge < -0.3 is 15.0 Å². The molecule has 0 aliphatic carbocycles. The third-order valence-electron chi connectivity index (χ3n) is 4.10. The fourth-order valence-corrected chi connectivity index (χ4v) is 2.80. The van der Waals surface area contributed by atoms with Gasteiger partial charge in [0.25, 0.3) is 5.91 Å². The summed E-state index contributed by atoms with van der Waals surface area (Å²) in [6, 6.07) is 10.5. The lowest BCUT2D eigenvalue weighted by atomic mass is 9.97. The summed E-state index contributed by atoms with van der Waals surface area (Å²) in [6.45, 7) is 0.0526. The number of likely N-dealkylation sites (N-methyl/N-ethyl adjacent to an activating group) is 1. The van der Waals surface area contributed by atoms with E-state index in [2.05, 4.69) is 10.3 Å². The molecule has 2 amide bonds. The molecule has 1 fully saturated rings. The van der Waals surface area contributed by atoms with Gasteiger partial charge in [-0.05, 0) is 29.8 Å². The van der Waals surface area contributed by atoms with Crippen LogP contribution in [0.3, 0.4) is 0 Å². The summed E-state index contributed by atoms with van der Waals surface area (Å²) in [4.78, 5) is 30.1. The summed E-state index contributed by atoms with van der Waals surface area (Å²) in [5.41, 5.74) is 1.21. The first-order valence-electron chi connectivity index (χ1n) is 7.86. The number of rotatable bonds is 4. The lowest BCUT2D eigenvalue weighted by molar-refractivity contribution is -0.162. The van der Waals surface area contributed by atoms with Crippen molar-refractivity contribution in [3.8, 4) is 0 Å². The first kappa shape index (κ1) is 17.0. The minimum Gasteiger partial charge on any atom is -0.356 e. The van der Waals surface area contributed by atoms with Crippen LogP contribution in [-0.2, 0) is 20.9 Å². The van der Waals surface area contributed by atoms with Gasteiger partial charge in [-0.25, -0.2) is 4.39 Å². The summed E-state index contributed by atoms with van der Waals surface area (Å²) in [7, 11) is 1.58. The van der Waals surface area contributed by atoms with E-state index in [1.165, 1.54) is 17.0 Å². The molecule has 0 radical (unpaired) electrons. The number of halogens is 1. The van der Waals surface area contributed by atoms with E-state index < -0.39 is 18.0 Å². The number of hydrogen-bond acceptors (Lipinski definition) is 4. The second kappa shape index (κ2) is 7.40. The van der Waals surface area contributed by atoms with Gasteiger partial charge >= 0.3 is 0 Å². The highest BCUT2D eigenvalue weighted by Crippen LogP contribution is 2.29. The monoisotopic (exact) mass is 343 g/mol. The Morgan fingerprint density at radius 1 is 1.36 bits per heavy atom. The van der Waals surface area contributed by atoms with Gasteiger partial charge in [0.05, 0.1) is 18.3 Å². The summed E-state index contributed by atoms with van der Waals surface area (Å²) >= 11 is 0. The molecular weight excluding hydrogens is 325 g/mol. The van der Waals surface area contributed by atoms with Crippen molar-refractivity contribution < 1.29 is 18.7 Å². The molecule has 2 heterocycles. The van der Waals surface area contributed by atoms with Gasteiger partial charge in [-0.2, -0.15) is 0 Å². The molecule has 25 heavy (non-hydrogen) atoms. The van der Waals surface area contributed by atoms with Crippen LogP contribution >= 0.6 is 0 Å². The molecular formula is C18H18FN3O3. The number of hydrogen-bond donors (Lipinski definition) is 1. The Hall–Kier alpha value is -2.80. The lowest BCUT2D eigenvalue weighted by Gasteiger charge is -2.38. The predicted molar refractivity (Wildman–Crippen MR) is 87.7 cm³/mol. The highest BCUT2D eigenvalue weighted by Gasteiger charge is 2.40. The topological polar surface area (TPSA) is 71.5 Å². The highest BCUT2D eigenvalue weighted by atomic mass is 19.1. The summed E-state index contributed by atoms with van der Waals surface area (Å²) < 4.78 is 19.1. The van der Waals surface area contributed by atoms with Crippen LogP contribution in [0.25, 0.3) is 0 Å². The van der Waals surface area contributed by atoms with Crippen LogP contribution in [0.5, 0.6) is 0 Å². The molecule has 7 heteroatoms. The number of ether oxygens (including phenoxy) is 1. The van der Waals surface area contributed by atoms with Gasteiger partial charge in [0, 0.05) is 13.2 Å². The normalized spacial score (nSPS) is 20.4. The van der Waals surface area contributed by atoms with Crippen molar-refractivity contribution in [2.45, 2.75) is 18.7 Å². The molecule has 1 aliphatic rings. The molecule has 1 saturated heterocycles. The number of carbonyl (C=O) groups is 2. The SMILES string of the molecule is CN1C(=O)COC(C(=O)NCc2ccccn2)C1c1cccc(F)c1. The number of nitrogens with zero attached hydrogens (tertiary/aromatic N) is 2. The maximum atomic E-state index is 13.6. The van der Waals surface area contributed by atoms with Crippen molar-refractivity contribution in [2.75, 3.05) is 13.7 Å². The number of amides is 2. The zero-order chi connectivity index (χ0) is 17.8. The van der Waals surface area contributed by atoms with Crippen LogP contribution in [0.1, 0.15) is 17.3 Å². The third-order valence-corrected chi connectivity index (χ3v) is 4.10. The molecule has 2 unspecified atom stereocenters. The molecule has 2 aromatic rings. The second-order valence-corrected chi connectivity index (χ2v) is 5.77. The Labute approximate surface area is 144 Å². The van der Waals surface area contributed by atoms with Crippen molar-refractivity contribution in [2.24, 2.45) is 0 Å². The molecule has 1 N–H and O–H groups in total. The fraction of sp³-hybridized carbons (Fsp3) is 0.278. The fourth-order valence-electron chi connectivity index (χ4n) is 2.80. The number of pyridine rings is 1. The van der Waals surface area contributed by atoms with Crippen molar-refractivity contribution in [1.82, 2.24) is 15.2 Å². The van der Waals surface area contributed by atoms with E-state index in [1.54, 1.807) is 37.5 Å². The van der Waals surface area contributed by atoms with E-state index in [4.69, 9.17) is 4.74 Å². The predicted octanol–water partition coefficient (Wildman–Crippen LogP) is 1.44. The van der Waals surface area contributed by atoms with Gasteiger partial charge in [-0.1, -0.05) is 18.2 Å². The second-order valence-electron chi connectivity index (χ2n) is 5.77. The van der Waals surface area contributed by atoms with Gasteiger partial charge in [-0.15, -0.1) is 0 Å². The molecule has 3 rings (SSSR count). The average molecular weight is 343 g/mol. The Morgan fingerprint density at radius 3 is 2.92 bits per heavy atom. The number of benzene rings is 1. The van der Waals surface area contributed by atoms with E-state index >= 15 is 0 Å². The highest BCUT2D eigenvalue weighted by molar-refractivity contribution is 5.86. The number of morpholine rings is 1. The largest absolute Gasteiger partial charge is 0.356 e. The zero-order valence-corrected chi connectivity index (χ0v) is 13.7. The summed E-state index contributed by atoms with van der Waals surface area (Å²) in [6.07, 6.45) is 0.717. The van der Waals surface area contributed by atoms with Crippen molar-refractivity contribution >= 4 is 11.8 Å². The van der Waals surface area contributed by atoms with E-state index in [0.29, 0.717) is 11.3 Å². The number of carbonyl (C=O) groups excluding carboxylic acids is 2. The van der Waals surface area contributed by atoms with E-state index in [9.17, 15) is 14.0 Å². The third kappa shape index (κ3) is 3.83. The Balaban J connectivity index is 1.79. The van der Waals surface area contributed by atoms with Crippen LogP contribution in [-0.4, -0.2) is 41.5 Å². The Morgan fingerprint density at radius 2 is 2.20 bits per heavy atom. The van der Waals surface area contributed by atoms with Crippen LogP contribution in [0.4, 0.5) is 4.39 Å². The van der Waals surface area contributed by atoms with Gasteiger partial charge in [0.1, 0.15) is 12.4 Å². The lowest BCUT2D eigenvalue weighted by Crippen LogP contribution is -2.52. The summed E-state index contributed by atoms with van der Waals surface area (Å²) in [5, 5.41) is 2.76. The minimum atomic E-state index is -0.923. The van der Waals surface area contributed by atoms with E-state index in [1.807, 2.05) is 6.07 Å². The molecule has 1 aromatic carbocycles.